The predicted octanol–water partition coefficient (Wildman–Crippen LogP) is 5.17. The summed E-state index contributed by atoms with van der Waals surface area (Å²) in [5.41, 5.74) is 4.58. The second kappa shape index (κ2) is 9.41. The van der Waals surface area contributed by atoms with Gasteiger partial charge in [0.25, 0.3) is 0 Å². The Morgan fingerprint density at radius 3 is 2.50 bits per heavy atom. The lowest BCUT2D eigenvalue weighted by Gasteiger charge is -2.06. The van der Waals surface area contributed by atoms with Gasteiger partial charge < -0.3 is 0 Å². The van der Waals surface area contributed by atoms with E-state index in [4.69, 9.17) is 10.1 Å². The van der Waals surface area contributed by atoms with Crippen LogP contribution in [0.5, 0.6) is 0 Å². The van der Waals surface area contributed by atoms with Crippen molar-refractivity contribution in [1.29, 1.82) is 0 Å². The molecule has 0 aliphatic carbocycles. The van der Waals surface area contributed by atoms with Crippen LogP contribution >= 0.6 is 11.3 Å². The van der Waals surface area contributed by atoms with Crippen molar-refractivity contribution in [3.63, 3.8) is 0 Å². The molecule has 0 N–H and O–H groups in total. The Morgan fingerprint density at radius 2 is 1.77 bits per heavy atom. The standard InChI is InChI=1S/C24H21FN4S/c1-18(22-9-5-6-15-26-22)28-29-23(20-10-12-21(25)13-11-20)17-30-24(29)27-16-14-19-7-3-2-4-8-19/h2-13,15,17H,14,16H2,1H3. The Balaban J connectivity index is 1.72. The van der Waals surface area contributed by atoms with E-state index in [2.05, 4.69) is 17.1 Å². The molecule has 0 atom stereocenters. The molecule has 0 aliphatic rings. The summed E-state index contributed by atoms with van der Waals surface area (Å²) in [6, 6.07) is 22.5. The van der Waals surface area contributed by atoms with Crippen molar-refractivity contribution >= 4 is 17.0 Å². The van der Waals surface area contributed by atoms with Crippen molar-refractivity contribution in [2.45, 2.75) is 13.3 Å². The average Bonchev–Trinajstić information content (AvgIpc) is 3.18. The lowest BCUT2D eigenvalue weighted by Crippen LogP contribution is -2.15. The molecular formula is C24H21FN4S. The van der Waals surface area contributed by atoms with Gasteiger partial charge in [0.2, 0.25) is 4.80 Å². The van der Waals surface area contributed by atoms with Crippen LogP contribution in [0.4, 0.5) is 4.39 Å². The van der Waals surface area contributed by atoms with E-state index in [0.29, 0.717) is 6.54 Å². The van der Waals surface area contributed by atoms with Gasteiger partial charge in [0.05, 0.1) is 17.1 Å². The zero-order chi connectivity index (χ0) is 20.8. The van der Waals surface area contributed by atoms with Gasteiger partial charge in [-0.25, -0.2) is 9.07 Å². The minimum Gasteiger partial charge on any atom is -0.257 e. The number of aromatic nitrogens is 2. The van der Waals surface area contributed by atoms with Crippen molar-refractivity contribution in [3.8, 4) is 11.3 Å². The quantitative estimate of drug-likeness (QED) is 0.400. The molecule has 2 aromatic carbocycles. The Bertz CT molecular complexity index is 1190. The zero-order valence-electron chi connectivity index (χ0n) is 16.6. The minimum atomic E-state index is -0.263. The van der Waals surface area contributed by atoms with E-state index in [-0.39, 0.29) is 5.82 Å². The summed E-state index contributed by atoms with van der Waals surface area (Å²) in [6.45, 7) is 2.58. The first kappa shape index (κ1) is 19.9. The molecule has 0 bridgehead atoms. The van der Waals surface area contributed by atoms with E-state index in [1.54, 1.807) is 18.3 Å². The number of thiazole rings is 1. The van der Waals surface area contributed by atoms with Gasteiger partial charge in [-0.15, -0.1) is 11.3 Å². The van der Waals surface area contributed by atoms with Crippen LogP contribution in [0, 0.1) is 5.82 Å². The molecule has 0 amide bonds. The van der Waals surface area contributed by atoms with Gasteiger partial charge in [-0.2, -0.15) is 5.10 Å². The first-order chi connectivity index (χ1) is 14.7. The number of rotatable bonds is 6. The number of benzene rings is 2. The van der Waals surface area contributed by atoms with E-state index in [0.717, 1.165) is 33.9 Å². The van der Waals surface area contributed by atoms with Gasteiger partial charge in [-0.1, -0.05) is 36.4 Å². The van der Waals surface area contributed by atoms with Crippen LogP contribution in [-0.4, -0.2) is 21.9 Å². The number of nitrogens with zero attached hydrogens (tertiary/aromatic N) is 4. The second-order valence-electron chi connectivity index (χ2n) is 6.74. The van der Waals surface area contributed by atoms with Crippen molar-refractivity contribution < 1.29 is 4.39 Å². The molecule has 2 heterocycles. The Labute approximate surface area is 178 Å². The molecule has 4 nitrogen and oxygen atoms in total. The fraction of sp³-hybridized carbons (Fsp3) is 0.125. The van der Waals surface area contributed by atoms with E-state index in [1.807, 2.05) is 53.4 Å². The van der Waals surface area contributed by atoms with Crippen LogP contribution in [0.3, 0.4) is 0 Å². The number of halogens is 1. The Kier molecular flexibility index (Phi) is 6.25. The molecule has 0 unspecified atom stereocenters. The first-order valence-corrected chi connectivity index (χ1v) is 10.6. The van der Waals surface area contributed by atoms with E-state index in [1.165, 1.54) is 29.0 Å². The summed E-state index contributed by atoms with van der Waals surface area (Å²) in [5.74, 6) is -0.263. The van der Waals surface area contributed by atoms with E-state index < -0.39 is 0 Å². The summed E-state index contributed by atoms with van der Waals surface area (Å²) in [6.07, 6.45) is 2.60. The topological polar surface area (TPSA) is 42.5 Å². The fourth-order valence-corrected chi connectivity index (χ4v) is 3.88. The zero-order valence-corrected chi connectivity index (χ0v) is 17.4. The molecule has 30 heavy (non-hydrogen) atoms. The van der Waals surface area contributed by atoms with E-state index in [9.17, 15) is 4.39 Å². The maximum absolute atomic E-state index is 13.4. The maximum atomic E-state index is 13.4. The Hall–Kier alpha value is -3.38. The van der Waals surface area contributed by atoms with E-state index >= 15 is 0 Å². The van der Waals surface area contributed by atoms with Gasteiger partial charge in [0.1, 0.15) is 5.82 Å². The molecular weight excluding hydrogens is 395 g/mol. The van der Waals surface area contributed by atoms with Crippen molar-refractivity contribution in [2.24, 2.45) is 10.1 Å². The van der Waals surface area contributed by atoms with Crippen LogP contribution < -0.4 is 4.80 Å². The lowest BCUT2D eigenvalue weighted by atomic mass is 10.2. The van der Waals surface area contributed by atoms with Crippen molar-refractivity contribution in [1.82, 2.24) is 9.66 Å². The highest BCUT2D eigenvalue weighted by Crippen LogP contribution is 2.21. The summed E-state index contributed by atoms with van der Waals surface area (Å²) < 4.78 is 15.2. The fourth-order valence-electron chi connectivity index (χ4n) is 3.03. The van der Waals surface area contributed by atoms with Crippen LogP contribution in [0.15, 0.2) is 94.5 Å². The lowest BCUT2D eigenvalue weighted by molar-refractivity contribution is 0.628. The predicted molar refractivity (Wildman–Crippen MR) is 120 cm³/mol. The number of pyridine rings is 1. The largest absolute Gasteiger partial charge is 0.257 e. The SMILES string of the molecule is CC(=Nn1c(-c2ccc(F)cc2)csc1=NCCc1ccccc1)c1ccccn1. The van der Waals surface area contributed by atoms with Gasteiger partial charge in [0, 0.05) is 23.7 Å². The molecule has 6 heteroatoms. The summed E-state index contributed by atoms with van der Waals surface area (Å²) in [5, 5.41) is 6.81. The number of hydrogen-bond acceptors (Lipinski definition) is 4. The highest BCUT2D eigenvalue weighted by molar-refractivity contribution is 7.07. The molecule has 0 spiro atoms. The molecule has 0 aliphatic heterocycles. The van der Waals surface area contributed by atoms with Gasteiger partial charge in [-0.3, -0.25) is 9.98 Å². The third-order valence-corrected chi connectivity index (χ3v) is 5.46. The molecule has 2 aromatic heterocycles. The monoisotopic (exact) mass is 416 g/mol. The molecule has 0 radical (unpaired) electrons. The number of hydrogen-bond donors (Lipinski definition) is 0. The third kappa shape index (κ3) is 4.78. The molecule has 4 aromatic rings. The summed E-state index contributed by atoms with van der Waals surface area (Å²) in [7, 11) is 0. The van der Waals surface area contributed by atoms with Crippen molar-refractivity contribution in [3.05, 3.63) is 106 Å². The first-order valence-electron chi connectivity index (χ1n) is 9.68. The maximum Gasteiger partial charge on any atom is 0.206 e. The molecule has 4 rings (SSSR count). The summed E-state index contributed by atoms with van der Waals surface area (Å²) >= 11 is 1.52. The van der Waals surface area contributed by atoms with Gasteiger partial charge in [0.15, 0.2) is 0 Å². The average molecular weight is 417 g/mol. The molecule has 0 saturated heterocycles. The van der Waals surface area contributed by atoms with Gasteiger partial charge >= 0.3 is 0 Å². The van der Waals surface area contributed by atoms with Gasteiger partial charge in [-0.05, 0) is 55.3 Å². The smallest absolute Gasteiger partial charge is 0.206 e. The molecule has 0 saturated carbocycles. The van der Waals surface area contributed by atoms with Crippen LogP contribution in [0.25, 0.3) is 11.3 Å². The highest BCUT2D eigenvalue weighted by atomic mass is 32.1. The third-order valence-electron chi connectivity index (χ3n) is 4.60. The Morgan fingerprint density at radius 1 is 1.00 bits per heavy atom. The normalized spacial score (nSPS) is 12.3. The summed E-state index contributed by atoms with van der Waals surface area (Å²) in [4.78, 5) is 9.97. The van der Waals surface area contributed by atoms with Crippen LogP contribution in [0.1, 0.15) is 18.2 Å². The van der Waals surface area contributed by atoms with Crippen molar-refractivity contribution in [2.75, 3.05) is 6.54 Å². The molecule has 150 valence electrons. The van der Waals surface area contributed by atoms with Crippen LogP contribution in [-0.2, 0) is 6.42 Å². The second-order valence-corrected chi connectivity index (χ2v) is 7.58. The molecule has 0 fully saturated rings. The highest BCUT2D eigenvalue weighted by Gasteiger charge is 2.09. The van der Waals surface area contributed by atoms with Crippen LogP contribution in [0.2, 0.25) is 0 Å². The minimum absolute atomic E-state index is 0.263.